The fraction of sp³-hybridized carbons (Fsp3) is 0.647. The summed E-state index contributed by atoms with van der Waals surface area (Å²) in [6.45, 7) is 7.95. The molecule has 2 heteroatoms. The Labute approximate surface area is 118 Å². The highest BCUT2D eigenvalue weighted by atomic mass is 15.2. The van der Waals surface area contributed by atoms with Crippen LogP contribution in [-0.4, -0.2) is 31.1 Å². The van der Waals surface area contributed by atoms with Crippen molar-refractivity contribution in [2.75, 3.05) is 20.6 Å². The smallest absolute Gasteiger partial charge is 0.0324 e. The summed E-state index contributed by atoms with van der Waals surface area (Å²) in [6.07, 6.45) is 2.54. The number of hydrogen-bond acceptors (Lipinski definition) is 2. The zero-order valence-corrected chi connectivity index (χ0v) is 13.0. The number of nitrogens with one attached hydrogen (secondary N) is 1. The summed E-state index contributed by atoms with van der Waals surface area (Å²) >= 11 is 0. The van der Waals surface area contributed by atoms with Gasteiger partial charge in [0.15, 0.2) is 0 Å². The molecule has 0 saturated heterocycles. The fourth-order valence-corrected chi connectivity index (χ4v) is 2.75. The van der Waals surface area contributed by atoms with E-state index >= 15 is 0 Å². The van der Waals surface area contributed by atoms with Crippen LogP contribution in [0.5, 0.6) is 0 Å². The Balaban J connectivity index is 2.09. The van der Waals surface area contributed by atoms with E-state index in [-0.39, 0.29) is 5.54 Å². The highest BCUT2D eigenvalue weighted by Gasteiger charge is 2.27. The Bertz CT molecular complexity index is 423. The number of nitrogens with zero attached hydrogens (tertiary/aromatic N) is 1. The maximum Gasteiger partial charge on any atom is 0.0324 e. The first-order valence-electron chi connectivity index (χ1n) is 7.41. The van der Waals surface area contributed by atoms with Crippen molar-refractivity contribution < 1.29 is 0 Å². The lowest BCUT2D eigenvalue weighted by Crippen LogP contribution is -2.47. The highest BCUT2D eigenvalue weighted by Crippen LogP contribution is 2.37. The normalized spacial score (nSPS) is 23.5. The molecular formula is C17H28N2. The molecule has 2 rings (SSSR count). The highest BCUT2D eigenvalue weighted by molar-refractivity contribution is 5.34. The first-order valence-corrected chi connectivity index (χ1v) is 7.41. The van der Waals surface area contributed by atoms with Crippen LogP contribution in [0, 0.1) is 0 Å². The minimum Gasteiger partial charge on any atom is -0.308 e. The molecule has 0 heterocycles. The van der Waals surface area contributed by atoms with Crippen molar-refractivity contribution >= 4 is 0 Å². The molecule has 1 aromatic rings. The van der Waals surface area contributed by atoms with Crippen LogP contribution in [0.4, 0.5) is 0 Å². The number of fused-ring (bicyclic) bond motifs is 1. The molecule has 106 valence electrons. The van der Waals surface area contributed by atoms with Crippen molar-refractivity contribution in [3.8, 4) is 0 Å². The summed E-state index contributed by atoms with van der Waals surface area (Å²) in [6, 6.07) is 9.45. The van der Waals surface area contributed by atoms with E-state index in [1.54, 1.807) is 0 Å². The first kappa shape index (κ1) is 14.5. The predicted molar refractivity (Wildman–Crippen MR) is 82.6 cm³/mol. The molecule has 19 heavy (non-hydrogen) atoms. The van der Waals surface area contributed by atoms with Gasteiger partial charge < -0.3 is 10.2 Å². The molecule has 1 aromatic carbocycles. The standard InChI is InChI=1S/C17H28N2/c1-13-10-11-16(15-9-7-6-8-14(13)15)18-12-17(2,3)19(4)5/h6-9,13,16,18H,10-12H2,1-5H3. The van der Waals surface area contributed by atoms with Gasteiger partial charge in [-0.05, 0) is 57.8 Å². The van der Waals surface area contributed by atoms with E-state index in [1.807, 2.05) is 0 Å². The molecule has 0 saturated carbocycles. The number of rotatable bonds is 4. The molecule has 0 aromatic heterocycles. The van der Waals surface area contributed by atoms with Crippen molar-refractivity contribution in [2.24, 2.45) is 0 Å². The van der Waals surface area contributed by atoms with Crippen LogP contribution in [0.2, 0.25) is 0 Å². The van der Waals surface area contributed by atoms with Crippen molar-refractivity contribution in [2.45, 2.75) is 51.1 Å². The van der Waals surface area contributed by atoms with E-state index in [0.717, 1.165) is 6.54 Å². The molecule has 0 spiro atoms. The van der Waals surface area contributed by atoms with E-state index < -0.39 is 0 Å². The molecule has 0 bridgehead atoms. The van der Waals surface area contributed by atoms with E-state index in [4.69, 9.17) is 0 Å². The SMILES string of the molecule is CC1CCC(NCC(C)(C)N(C)C)c2ccccc21. The molecule has 2 unspecified atom stereocenters. The first-order chi connectivity index (χ1) is 8.92. The van der Waals surface area contributed by atoms with Crippen LogP contribution in [0.3, 0.4) is 0 Å². The largest absolute Gasteiger partial charge is 0.308 e. The molecule has 0 fully saturated rings. The van der Waals surface area contributed by atoms with Gasteiger partial charge in [0.25, 0.3) is 0 Å². The second-order valence-corrected chi connectivity index (χ2v) is 6.75. The van der Waals surface area contributed by atoms with E-state index in [0.29, 0.717) is 12.0 Å². The Morgan fingerprint density at radius 3 is 2.42 bits per heavy atom. The molecule has 1 aliphatic carbocycles. The third-order valence-corrected chi connectivity index (χ3v) is 4.78. The lowest BCUT2D eigenvalue weighted by Gasteiger charge is -2.37. The van der Waals surface area contributed by atoms with E-state index in [1.165, 1.54) is 24.0 Å². The van der Waals surface area contributed by atoms with Crippen LogP contribution < -0.4 is 5.32 Å². The third kappa shape index (κ3) is 3.18. The zero-order chi connectivity index (χ0) is 14.0. The lowest BCUT2D eigenvalue weighted by molar-refractivity contribution is 0.181. The van der Waals surface area contributed by atoms with Crippen molar-refractivity contribution in [3.05, 3.63) is 35.4 Å². The molecular weight excluding hydrogens is 232 g/mol. The number of hydrogen-bond donors (Lipinski definition) is 1. The molecule has 2 atom stereocenters. The molecule has 1 aliphatic rings. The molecule has 0 aliphatic heterocycles. The van der Waals surface area contributed by atoms with Crippen LogP contribution in [0.1, 0.15) is 56.7 Å². The second-order valence-electron chi connectivity index (χ2n) is 6.75. The summed E-state index contributed by atoms with van der Waals surface area (Å²) in [4.78, 5) is 2.29. The number of benzene rings is 1. The summed E-state index contributed by atoms with van der Waals surface area (Å²) in [5.74, 6) is 0.705. The van der Waals surface area contributed by atoms with Crippen LogP contribution in [-0.2, 0) is 0 Å². The Kier molecular flexibility index (Phi) is 4.32. The summed E-state index contributed by atoms with van der Waals surface area (Å²) in [5.41, 5.74) is 3.24. The lowest BCUT2D eigenvalue weighted by atomic mass is 9.81. The number of likely N-dealkylation sites (N-methyl/N-ethyl adjacent to an activating group) is 1. The van der Waals surface area contributed by atoms with Gasteiger partial charge in [0, 0.05) is 18.1 Å². The quantitative estimate of drug-likeness (QED) is 0.890. The van der Waals surface area contributed by atoms with Gasteiger partial charge in [-0.25, -0.2) is 0 Å². The van der Waals surface area contributed by atoms with Gasteiger partial charge in [0.2, 0.25) is 0 Å². The van der Waals surface area contributed by atoms with Gasteiger partial charge in [0.05, 0.1) is 0 Å². The maximum atomic E-state index is 3.78. The van der Waals surface area contributed by atoms with E-state index in [9.17, 15) is 0 Å². The van der Waals surface area contributed by atoms with Gasteiger partial charge in [0.1, 0.15) is 0 Å². The summed E-state index contributed by atoms with van der Waals surface area (Å²) < 4.78 is 0. The molecule has 1 N–H and O–H groups in total. The minimum absolute atomic E-state index is 0.192. The fourth-order valence-electron chi connectivity index (χ4n) is 2.75. The third-order valence-electron chi connectivity index (χ3n) is 4.78. The topological polar surface area (TPSA) is 15.3 Å². The zero-order valence-electron chi connectivity index (χ0n) is 13.0. The Morgan fingerprint density at radius 1 is 1.16 bits per heavy atom. The van der Waals surface area contributed by atoms with Gasteiger partial charge >= 0.3 is 0 Å². The van der Waals surface area contributed by atoms with Gasteiger partial charge in [-0.15, -0.1) is 0 Å². The molecule has 2 nitrogen and oxygen atoms in total. The van der Waals surface area contributed by atoms with Gasteiger partial charge in [-0.2, -0.15) is 0 Å². The van der Waals surface area contributed by atoms with Crippen LogP contribution >= 0.6 is 0 Å². The van der Waals surface area contributed by atoms with Crippen molar-refractivity contribution in [3.63, 3.8) is 0 Å². The Hall–Kier alpha value is -0.860. The van der Waals surface area contributed by atoms with E-state index in [2.05, 4.69) is 69.3 Å². The maximum absolute atomic E-state index is 3.78. The minimum atomic E-state index is 0.192. The van der Waals surface area contributed by atoms with Crippen molar-refractivity contribution in [1.29, 1.82) is 0 Å². The van der Waals surface area contributed by atoms with Crippen LogP contribution in [0.25, 0.3) is 0 Å². The van der Waals surface area contributed by atoms with Crippen LogP contribution in [0.15, 0.2) is 24.3 Å². The average Bonchev–Trinajstić information content (AvgIpc) is 2.38. The average molecular weight is 260 g/mol. The van der Waals surface area contributed by atoms with Gasteiger partial charge in [-0.3, -0.25) is 0 Å². The molecule has 0 amide bonds. The second kappa shape index (κ2) is 5.64. The summed E-state index contributed by atoms with van der Waals surface area (Å²) in [7, 11) is 4.30. The van der Waals surface area contributed by atoms with Gasteiger partial charge in [-0.1, -0.05) is 31.2 Å². The van der Waals surface area contributed by atoms with Crippen molar-refractivity contribution in [1.82, 2.24) is 10.2 Å². The monoisotopic (exact) mass is 260 g/mol. The summed E-state index contributed by atoms with van der Waals surface area (Å²) in [5, 5.41) is 3.78. The molecule has 0 radical (unpaired) electrons. The predicted octanol–water partition coefficient (Wildman–Crippen LogP) is 3.55. The Morgan fingerprint density at radius 2 is 1.79 bits per heavy atom.